The number of ether oxygens (including phenoxy) is 2. The van der Waals surface area contributed by atoms with Gasteiger partial charge in [-0.15, -0.1) is 0 Å². The van der Waals surface area contributed by atoms with Crippen LogP contribution in [0.5, 0.6) is 0 Å². The first-order valence-electron chi connectivity index (χ1n) is 4.40. The Hall–Kier alpha value is -0.380. The van der Waals surface area contributed by atoms with E-state index in [1.807, 2.05) is 0 Å². The Morgan fingerprint density at radius 3 is 3.25 bits per heavy atom. The van der Waals surface area contributed by atoms with Crippen LogP contribution in [0.3, 0.4) is 0 Å². The largest absolute Gasteiger partial charge is 0.385 e. The average Bonchev–Trinajstić information content (AvgIpc) is 2.14. The van der Waals surface area contributed by atoms with Crippen molar-refractivity contribution in [1.82, 2.24) is 5.32 Å². The Kier molecular flexibility index (Phi) is 4.99. The third-order valence-electron chi connectivity index (χ3n) is 1.81. The molecule has 0 aliphatic carbocycles. The van der Waals surface area contributed by atoms with E-state index in [1.165, 1.54) is 0 Å². The summed E-state index contributed by atoms with van der Waals surface area (Å²) < 4.78 is 10.2. The van der Waals surface area contributed by atoms with Crippen LogP contribution in [0.15, 0.2) is 12.2 Å². The topological polar surface area (TPSA) is 30.5 Å². The third-order valence-corrected chi connectivity index (χ3v) is 1.81. The molecule has 0 spiro atoms. The van der Waals surface area contributed by atoms with Crippen LogP contribution in [0.2, 0.25) is 0 Å². The Morgan fingerprint density at radius 2 is 2.58 bits per heavy atom. The van der Waals surface area contributed by atoms with Gasteiger partial charge in [-0.05, 0) is 13.0 Å². The van der Waals surface area contributed by atoms with E-state index in [2.05, 4.69) is 17.5 Å². The molecule has 0 saturated heterocycles. The van der Waals surface area contributed by atoms with Gasteiger partial charge in [0.1, 0.15) is 0 Å². The van der Waals surface area contributed by atoms with Crippen molar-refractivity contribution in [3.8, 4) is 0 Å². The number of hydrogen-bond donors (Lipinski definition) is 1. The second-order valence-corrected chi connectivity index (χ2v) is 2.87. The van der Waals surface area contributed by atoms with Gasteiger partial charge in [0.05, 0.1) is 13.2 Å². The SMILES string of the molecule is COCCCNC1C=CCOC1. The van der Waals surface area contributed by atoms with Gasteiger partial charge in [-0.2, -0.15) is 0 Å². The molecule has 0 radical (unpaired) electrons. The van der Waals surface area contributed by atoms with Crippen molar-refractivity contribution in [2.75, 3.05) is 33.5 Å². The van der Waals surface area contributed by atoms with Crippen LogP contribution >= 0.6 is 0 Å². The smallest absolute Gasteiger partial charge is 0.0659 e. The molecule has 1 rings (SSSR count). The van der Waals surface area contributed by atoms with Gasteiger partial charge in [-0.3, -0.25) is 0 Å². The fourth-order valence-electron chi connectivity index (χ4n) is 1.17. The van der Waals surface area contributed by atoms with Crippen molar-refractivity contribution in [1.29, 1.82) is 0 Å². The number of methoxy groups -OCH3 is 1. The quantitative estimate of drug-likeness (QED) is 0.484. The first-order valence-corrected chi connectivity index (χ1v) is 4.40. The molecule has 0 aromatic rings. The standard InChI is InChI=1S/C9H17NO2/c1-11-6-3-5-10-9-4-2-7-12-8-9/h2,4,9-10H,3,5-8H2,1H3. The molecule has 0 saturated carbocycles. The molecule has 3 heteroatoms. The van der Waals surface area contributed by atoms with Crippen molar-refractivity contribution in [3.63, 3.8) is 0 Å². The fraction of sp³-hybridized carbons (Fsp3) is 0.778. The molecule has 3 nitrogen and oxygen atoms in total. The maximum absolute atomic E-state index is 5.26. The molecular formula is C9H17NO2. The fourth-order valence-corrected chi connectivity index (χ4v) is 1.17. The molecule has 0 fully saturated rings. The minimum atomic E-state index is 0.399. The number of rotatable bonds is 5. The highest BCUT2D eigenvalue weighted by Gasteiger charge is 2.06. The van der Waals surface area contributed by atoms with Crippen LogP contribution < -0.4 is 5.32 Å². The molecule has 0 bridgehead atoms. The van der Waals surface area contributed by atoms with E-state index in [0.29, 0.717) is 6.04 Å². The zero-order valence-corrected chi connectivity index (χ0v) is 7.58. The van der Waals surface area contributed by atoms with E-state index in [9.17, 15) is 0 Å². The van der Waals surface area contributed by atoms with Gasteiger partial charge in [0.25, 0.3) is 0 Å². The highest BCUT2D eigenvalue weighted by atomic mass is 16.5. The van der Waals surface area contributed by atoms with Crippen LogP contribution in [-0.4, -0.2) is 39.5 Å². The van der Waals surface area contributed by atoms with Crippen LogP contribution in [0.1, 0.15) is 6.42 Å². The summed E-state index contributed by atoms with van der Waals surface area (Å²) in [5.41, 5.74) is 0. The highest BCUT2D eigenvalue weighted by molar-refractivity contribution is 4.96. The summed E-state index contributed by atoms with van der Waals surface area (Å²) in [6.45, 7) is 3.37. The predicted octanol–water partition coefficient (Wildman–Crippen LogP) is 0.567. The summed E-state index contributed by atoms with van der Waals surface area (Å²) in [6, 6.07) is 0.399. The first kappa shape index (κ1) is 9.71. The van der Waals surface area contributed by atoms with Gasteiger partial charge in [0, 0.05) is 19.8 Å². The molecule has 1 atom stereocenters. The lowest BCUT2D eigenvalue weighted by Gasteiger charge is -2.18. The normalized spacial score (nSPS) is 22.9. The lowest BCUT2D eigenvalue weighted by molar-refractivity contribution is 0.134. The molecule has 1 aliphatic rings. The molecule has 1 unspecified atom stereocenters. The van der Waals surface area contributed by atoms with E-state index < -0.39 is 0 Å². The zero-order valence-electron chi connectivity index (χ0n) is 7.58. The number of hydrogen-bond acceptors (Lipinski definition) is 3. The van der Waals surface area contributed by atoms with Crippen molar-refractivity contribution in [2.45, 2.75) is 12.5 Å². The summed E-state index contributed by atoms with van der Waals surface area (Å²) in [4.78, 5) is 0. The van der Waals surface area contributed by atoms with Gasteiger partial charge < -0.3 is 14.8 Å². The lowest BCUT2D eigenvalue weighted by Crippen LogP contribution is -2.34. The van der Waals surface area contributed by atoms with E-state index in [4.69, 9.17) is 9.47 Å². The van der Waals surface area contributed by atoms with Crippen LogP contribution in [0.4, 0.5) is 0 Å². The molecule has 1 aliphatic heterocycles. The van der Waals surface area contributed by atoms with Crippen LogP contribution in [-0.2, 0) is 9.47 Å². The van der Waals surface area contributed by atoms with Gasteiger partial charge >= 0.3 is 0 Å². The van der Waals surface area contributed by atoms with Crippen molar-refractivity contribution in [2.24, 2.45) is 0 Å². The molecular weight excluding hydrogens is 154 g/mol. The maximum Gasteiger partial charge on any atom is 0.0659 e. The first-order chi connectivity index (χ1) is 5.93. The highest BCUT2D eigenvalue weighted by Crippen LogP contribution is 1.96. The van der Waals surface area contributed by atoms with E-state index in [0.717, 1.165) is 32.8 Å². The second-order valence-electron chi connectivity index (χ2n) is 2.87. The van der Waals surface area contributed by atoms with Crippen molar-refractivity contribution >= 4 is 0 Å². The minimum absolute atomic E-state index is 0.399. The average molecular weight is 171 g/mol. The Labute approximate surface area is 73.7 Å². The predicted molar refractivity (Wildman–Crippen MR) is 48.2 cm³/mol. The van der Waals surface area contributed by atoms with E-state index in [1.54, 1.807) is 7.11 Å². The summed E-state index contributed by atoms with van der Waals surface area (Å²) in [5, 5.41) is 3.36. The zero-order chi connectivity index (χ0) is 8.65. The molecule has 1 heterocycles. The van der Waals surface area contributed by atoms with Gasteiger partial charge in [-0.1, -0.05) is 12.2 Å². The maximum atomic E-state index is 5.26. The van der Waals surface area contributed by atoms with Crippen molar-refractivity contribution < 1.29 is 9.47 Å². The third kappa shape index (κ3) is 3.85. The molecule has 12 heavy (non-hydrogen) atoms. The lowest BCUT2D eigenvalue weighted by atomic mass is 10.2. The van der Waals surface area contributed by atoms with Crippen molar-refractivity contribution in [3.05, 3.63) is 12.2 Å². The molecule has 0 aromatic heterocycles. The summed E-state index contributed by atoms with van der Waals surface area (Å²) in [7, 11) is 1.73. The monoisotopic (exact) mass is 171 g/mol. The minimum Gasteiger partial charge on any atom is -0.385 e. The van der Waals surface area contributed by atoms with Crippen LogP contribution in [0.25, 0.3) is 0 Å². The van der Waals surface area contributed by atoms with Gasteiger partial charge in [0.2, 0.25) is 0 Å². The Morgan fingerprint density at radius 1 is 1.67 bits per heavy atom. The summed E-state index contributed by atoms with van der Waals surface area (Å²) in [5.74, 6) is 0. The van der Waals surface area contributed by atoms with Gasteiger partial charge in [-0.25, -0.2) is 0 Å². The van der Waals surface area contributed by atoms with Gasteiger partial charge in [0.15, 0.2) is 0 Å². The summed E-state index contributed by atoms with van der Waals surface area (Å²) >= 11 is 0. The molecule has 0 amide bonds. The Bertz CT molecular complexity index is 136. The molecule has 70 valence electrons. The van der Waals surface area contributed by atoms with E-state index >= 15 is 0 Å². The summed E-state index contributed by atoms with van der Waals surface area (Å²) in [6.07, 6.45) is 5.27. The van der Waals surface area contributed by atoms with E-state index in [-0.39, 0.29) is 0 Å². The second kappa shape index (κ2) is 6.17. The number of nitrogens with one attached hydrogen (secondary N) is 1. The van der Waals surface area contributed by atoms with Crippen LogP contribution in [0, 0.1) is 0 Å². The Balaban J connectivity index is 1.98. The molecule has 1 N–H and O–H groups in total. The molecule has 0 aromatic carbocycles.